The van der Waals surface area contributed by atoms with E-state index < -0.39 is 0 Å². The van der Waals surface area contributed by atoms with Crippen LogP contribution in [-0.2, 0) is 6.42 Å². The standard InChI is InChI=1S/C18H17N3O/c19-17-13-8-4-5-9-14(13)21-18(20)16(17)15(22)11-10-12-6-2-1-3-7-12/h1-9H,10-11H2,(H4,19,20,21). The number of aryl methyl sites for hydroxylation is 1. The van der Waals surface area contributed by atoms with Crippen molar-refractivity contribution in [3.05, 3.63) is 65.7 Å². The second-order valence-electron chi connectivity index (χ2n) is 5.21. The van der Waals surface area contributed by atoms with Crippen LogP contribution in [-0.4, -0.2) is 10.8 Å². The van der Waals surface area contributed by atoms with Crippen molar-refractivity contribution in [1.29, 1.82) is 0 Å². The lowest BCUT2D eigenvalue weighted by Crippen LogP contribution is -2.11. The van der Waals surface area contributed by atoms with Crippen molar-refractivity contribution in [1.82, 2.24) is 4.98 Å². The summed E-state index contributed by atoms with van der Waals surface area (Å²) in [6.07, 6.45) is 1.02. The fraction of sp³-hybridized carbons (Fsp3) is 0.111. The summed E-state index contributed by atoms with van der Waals surface area (Å²) in [6.45, 7) is 0. The van der Waals surface area contributed by atoms with Gasteiger partial charge < -0.3 is 11.5 Å². The van der Waals surface area contributed by atoms with E-state index in [1.54, 1.807) is 0 Å². The summed E-state index contributed by atoms with van der Waals surface area (Å²) in [5, 5.41) is 0.764. The Hall–Kier alpha value is -2.88. The Morgan fingerprint density at radius 1 is 0.955 bits per heavy atom. The minimum absolute atomic E-state index is 0.0721. The molecule has 110 valence electrons. The minimum Gasteiger partial charge on any atom is -0.397 e. The molecule has 0 radical (unpaired) electrons. The van der Waals surface area contributed by atoms with Crippen molar-refractivity contribution in [2.24, 2.45) is 0 Å². The second kappa shape index (κ2) is 5.85. The molecule has 1 heterocycles. The highest BCUT2D eigenvalue weighted by atomic mass is 16.1. The maximum Gasteiger partial charge on any atom is 0.169 e. The monoisotopic (exact) mass is 291 g/mol. The molecule has 4 heteroatoms. The third kappa shape index (κ3) is 2.63. The fourth-order valence-electron chi connectivity index (χ4n) is 2.58. The molecule has 3 rings (SSSR count). The Bertz CT molecular complexity index is 828. The molecule has 0 aliphatic heterocycles. The zero-order valence-corrected chi connectivity index (χ0v) is 12.1. The van der Waals surface area contributed by atoms with Crippen LogP contribution in [0.3, 0.4) is 0 Å². The maximum absolute atomic E-state index is 12.5. The topological polar surface area (TPSA) is 82.0 Å². The van der Waals surface area contributed by atoms with E-state index in [4.69, 9.17) is 11.5 Å². The first-order chi connectivity index (χ1) is 10.7. The average Bonchev–Trinajstić information content (AvgIpc) is 2.54. The molecule has 0 aliphatic rings. The molecule has 0 bridgehead atoms. The number of para-hydroxylation sites is 1. The minimum atomic E-state index is -0.0721. The van der Waals surface area contributed by atoms with Gasteiger partial charge >= 0.3 is 0 Å². The molecule has 3 aromatic rings. The molecular weight excluding hydrogens is 274 g/mol. The van der Waals surface area contributed by atoms with Gasteiger partial charge in [0, 0.05) is 11.8 Å². The third-order valence-corrected chi connectivity index (χ3v) is 3.72. The predicted molar refractivity (Wildman–Crippen MR) is 89.7 cm³/mol. The normalized spacial score (nSPS) is 10.7. The smallest absolute Gasteiger partial charge is 0.169 e. The van der Waals surface area contributed by atoms with E-state index in [0.29, 0.717) is 29.6 Å². The quantitative estimate of drug-likeness (QED) is 0.723. The number of fused-ring (bicyclic) bond motifs is 1. The number of hydrogen-bond donors (Lipinski definition) is 2. The molecule has 0 spiro atoms. The summed E-state index contributed by atoms with van der Waals surface area (Å²) < 4.78 is 0. The lowest BCUT2D eigenvalue weighted by Gasteiger charge is -2.11. The second-order valence-corrected chi connectivity index (χ2v) is 5.21. The zero-order valence-electron chi connectivity index (χ0n) is 12.1. The van der Waals surface area contributed by atoms with Crippen LogP contribution in [0.1, 0.15) is 22.3 Å². The molecule has 0 unspecified atom stereocenters. The van der Waals surface area contributed by atoms with Crippen molar-refractivity contribution in [2.75, 3.05) is 11.5 Å². The van der Waals surface area contributed by atoms with Crippen molar-refractivity contribution in [3.8, 4) is 0 Å². The predicted octanol–water partition coefficient (Wildman–Crippen LogP) is 3.21. The van der Waals surface area contributed by atoms with Crippen LogP contribution in [0.2, 0.25) is 0 Å². The first kappa shape index (κ1) is 14.1. The number of nitrogens with two attached hydrogens (primary N) is 2. The first-order valence-electron chi connectivity index (χ1n) is 7.17. The largest absolute Gasteiger partial charge is 0.397 e. The van der Waals surface area contributed by atoms with E-state index in [9.17, 15) is 4.79 Å². The summed E-state index contributed by atoms with van der Waals surface area (Å²) in [4.78, 5) is 16.8. The number of hydrogen-bond acceptors (Lipinski definition) is 4. The van der Waals surface area contributed by atoms with E-state index in [1.807, 2.05) is 54.6 Å². The highest BCUT2D eigenvalue weighted by Gasteiger charge is 2.17. The molecule has 2 aromatic carbocycles. The molecule has 0 atom stereocenters. The summed E-state index contributed by atoms with van der Waals surface area (Å²) in [5.74, 6) is 0.131. The van der Waals surface area contributed by atoms with Crippen molar-refractivity contribution < 1.29 is 4.79 Å². The van der Waals surface area contributed by atoms with E-state index >= 15 is 0 Å². The number of benzene rings is 2. The molecular formula is C18H17N3O. The number of nitrogen functional groups attached to an aromatic ring is 2. The third-order valence-electron chi connectivity index (χ3n) is 3.72. The lowest BCUT2D eigenvalue weighted by atomic mass is 10.00. The molecule has 0 amide bonds. The summed E-state index contributed by atoms with van der Waals surface area (Å²) in [7, 11) is 0. The van der Waals surface area contributed by atoms with Gasteiger partial charge in [0.05, 0.1) is 16.8 Å². The van der Waals surface area contributed by atoms with Gasteiger partial charge in [0.2, 0.25) is 0 Å². The molecule has 0 saturated carbocycles. The summed E-state index contributed by atoms with van der Waals surface area (Å²) >= 11 is 0. The van der Waals surface area contributed by atoms with Crippen molar-refractivity contribution in [3.63, 3.8) is 0 Å². The Kier molecular flexibility index (Phi) is 3.74. The van der Waals surface area contributed by atoms with Gasteiger partial charge in [0.1, 0.15) is 5.82 Å². The number of ketones is 1. The van der Waals surface area contributed by atoms with Crippen molar-refractivity contribution >= 4 is 28.2 Å². The highest BCUT2D eigenvalue weighted by Crippen LogP contribution is 2.28. The number of anilines is 2. The number of rotatable bonds is 4. The first-order valence-corrected chi connectivity index (χ1v) is 7.17. The Morgan fingerprint density at radius 2 is 1.64 bits per heavy atom. The number of pyridine rings is 1. The molecule has 4 nitrogen and oxygen atoms in total. The van der Waals surface area contributed by atoms with Crippen LogP contribution >= 0.6 is 0 Å². The van der Waals surface area contributed by atoms with Gasteiger partial charge in [-0.3, -0.25) is 4.79 Å². The van der Waals surface area contributed by atoms with Gasteiger partial charge in [0.15, 0.2) is 5.78 Å². The van der Waals surface area contributed by atoms with E-state index in [0.717, 1.165) is 10.9 Å². The molecule has 0 aliphatic carbocycles. The highest BCUT2D eigenvalue weighted by molar-refractivity contribution is 6.11. The maximum atomic E-state index is 12.5. The van der Waals surface area contributed by atoms with E-state index in [-0.39, 0.29) is 11.6 Å². The van der Waals surface area contributed by atoms with E-state index in [2.05, 4.69) is 4.98 Å². The van der Waals surface area contributed by atoms with Crippen LogP contribution < -0.4 is 11.5 Å². The van der Waals surface area contributed by atoms with Gasteiger partial charge in [-0.25, -0.2) is 4.98 Å². The molecule has 0 fully saturated rings. The van der Waals surface area contributed by atoms with Crippen LogP contribution in [0.5, 0.6) is 0 Å². The molecule has 0 saturated heterocycles. The Labute approximate surface area is 128 Å². The average molecular weight is 291 g/mol. The van der Waals surface area contributed by atoms with Crippen molar-refractivity contribution in [2.45, 2.75) is 12.8 Å². The van der Waals surface area contributed by atoms with E-state index in [1.165, 1.54) is 0 Å². The van der Waals surface area contributed by atoms with Gasteiger partial charge in [-0.2, -0.15) is 0 Å². The number of nitrogens with zero attached hydrogens (tertiary/aromatic N) is 1. The molecule has 22 heavy (non-hydrogen) atoms. The number of carbonyl (C=O) groups excluding carboxylic acids is 1. The Balaban J connectivity index is 1.90. The Morgan fingerprint density at radius 3 is 2.41 bits per heavy atom. The SMILES string of the molecule is Nc1nc2ccccc2c(N)c1C(=O)CCc1ccccc1. The summed E-state index contributed by atoms with van der Waals surface area (Å²) in [5.41, 5.74) is 14.7. The van der Waals surface area contributed by atoms with Crippen LogP contribution in [0, 0.1) is 0 Å². The van der Waals surface area contributed by atoms with Crippen LogP contribution in [0.4, 0.5) is 11.5 Å². The van der Waals surface area contributed by atoms with Gasteiger partial charge in [-0.1, -0.05) is 48.5 Å². The molecule has 4 N–H and O–H groups in total. The number of carbonyl (C=O) groups is 1. The summed E-state index contributed by atoms with van der Waals surface area (Å²) in [6, 6.07) is 17.3. The number of Topliss-reactive ketones (excluding diaryl/α,β-unsaturated/α-hetero) is 1. The van der Waals surface area contributed by atoms with Crippen LogP contribution in [0.25, 0.3) is 10.9 Å². The lowest BCUT2D eigenvalue weighted by molar-refractivity contribution is 0.0984. The fourth-order valence-corrected chi connectivity index (χ4v) is 2.58. The van der Waals surface area contributed by atoms with Gasteiger partial charge in [-0.05, 0) is 18.1 Å². The van der Waals surface area contributed by atoms with Crippen LogP contribution in [0.15, 0.2) is 54.6 Å². The molecule has 1 aromatic heterocycles. The number of aromatic nitrogens is 1. The van der Waals surface area contributed by atoms with Gasteiger partial charge in [0.25, 0.3) is 0 Å². The zero-order chi connectivity index (χ0) is 15.5. The van der Waals surface area contributed by atoms with Gasteiger partial charge in [-0.15, -0.1) is 0 Å².